The Labute approximate surface area is 129 Å². The number of hydrogen-bond donors (Lipinski definition) is 1. The standard InChI is InChI=1S/C12H12ClF4NO2.ClH/c1-2-20-11(19)9(14)10(18)6-3-4-7(8(13)5-6)12(15,16)17;/h3-5,9-10H,2,18H2,1H3;1H/t9?,10-;/m0./s1. The first-order valence-electron chi connectivity index (χ1n) is 5.61. The summed E-state index contributed by atoms with van der Waals surface area (Å²) >= 11 is 5.49. The Kier molecular flexibility index (Phi) is 7.43. The lowest BCUT2D eigenvalue weighted by atomic mass is 10.0. The number of hydrogen-bond acceptors (Lipinski definition) is 3. The van der Waals surface area contributed by atoms with Crippen LogP contribution in [0.2, 0.25) is 5.02 Å². The summed E-state index contributed by atoms with van der Waals surface area (Å²) in [6, 6.07) is 1.11. The third-order valence-electron chi connectivity index (χ3n) is 2.51. The van der Waals surface area contributed by atoms with Gasteiger partial charge in [-0.1, -0.05) is 17.7 Å². The quantitative estimate of drug-likeness (QED) is 0.666. The number of alkyl halides is 4. The highest BCUT2D eigenvalue weighted by Crippen LogP contribution is 2.36. The first-order valence-corrected chi connectivity index (χ1v) is 5.99. The predicted molar refractivity (Wildman–Crippen MR) is 72.2 cm³/mol. The van der Waals surface area contributed by atoms with Gasteiger partial charge in [0.05, 0.1) is 23.2 Å². The van der Waals surface area contributed by atoms with Crippen molar-refractivity contribution < 1.29 is 27.1 Å². The fourth-order valence-electron chi connectivity index (χ4n) is 1.51. The van der Waals surface area contributed by atoms with E-state index in [4.69, 9.17) is 17.3 Å². The van der Waals surface area contributed by atoms with E-state index in [1.807, 2.05) is 0 Å². The second-order valence-electron chi connectivity index (χ2n) is 3.92. The number of rotatable bonds is 4. The molecule has 2 atom stereocenters. The van der Waals surface area contributed by atoms with E-state index in [1.165, 1.54) is 6.92 Å². The van der Waals surface area contributed by atoms with Crippen molar-refractivity contribution in [2.45, 2.75) is 25.3 Å². The Bertz CT molecular complexity index is 497. The van der Waals surface area contributed by atoms with Gasteiger partial charge in [0.2, 0.25) is 6.17 Å². The minimum Gasteiger partial charge on any atom is -0.464 e. The molecular formula is C12H13Cl2F4NO2. The molecule has 3 nitrogen and oxygen atoms in total. The van der Waals surface area contributed by atoms with Gasteiger partial charge in [-0.3, -0.25) is 0 Å². The highest BCUT2D eigenvalue weighted by molar-refractivity contribution is 6.31. The topological polar surface area (TPSA) is 52.3 Å². The van der Waals surface area contributed by atoms with Gasteiger partial charge < -0.3 is 10.5 Å². The van der Waals surface area contributed by atoms with Gasteiger partial charge >= 0.3 is 12.1 Å². The van der Waals surface area contributed by atoms with Crippen LogP contribution in [-0.2, 0) is 15.7 Å². The largest absolute Gasteiger partial charge is 0.464 e. The van der Waals surface area contributed by atoms with E-state index >= 15 is 0 Å². The van der Waals surface area contributed by atoms with E-state index in [9.17, 15) is 22.4 Å². The molecule has 0 fully saturated rings. The molecule has 0 saturated heterocycles. The Hall–Kier alpha value is -1.05. The van der Waals surface area contributed by atoms with Crippen molar-refractivity contribution >= 4 is 30.0 Å². The highest BCUT2D eigenvalue weighted by atomic mass is 35.5. The minimum atomic E-state index is -4.62. The summed E-state index contributed by atoms with van der Waals surface area (Å²) in [7, 11) is 0. The van der Waals surface area contributed by atoms with Crippen LogP contribution in [0.1, 0.15) is 24.1 Å². The first-order chi connectivity index (χ1) is 9.18. The van der Waals surface area contributed by atoms with Crippen molar-refractivity contribution in [1.82, 2.24) is 0 Å². The highest BCUT2D eigenvalue weighted by Gasteiger charge is 2.34. The number of ether oxygens (including phenoxy) is 1. The summed E-state index contributed by atoms with van der Waals surface area (Å²) in [6.45, 7) is 1.46. The summed E-state index contributed by atoms with van der Waals surface area (Å²) in [5.41, 5.74) is 4.40. The average Bonchev–Trinajstić information content (AvgIpc) is 2.35. The average molecular weight is 350 g/mol. The SMILES string of the molecule is CCOC(=O)C(F)[C@@H](N)c1ccc(C(F)(F)F)c(Cl)c1.Cl. The summed E-state index contributed by atoms with van der Waals surface area (Å²) in [4.78, 5) is 11.2. The number of benzene rings is 1. The molecule has 0 saturated carbocycles. The number of carbonyl (C=O) groups is 1. The lowest BCUT2D eigenvalue weighted by Crippen LogP contribution is -2.31. The Balaban J connectivity index is 0.00000400. The van der Waals surface area contributed by atoms with E-state index in [0.717, 1.165) is 12.1 Å². The van der Waals surface area contributed by atoms with Crippen LogP contribution in [-0.4, -0.2) is 18.7 Å². The normalized spacial score (nSPS) is 14.0. The zero-order valence-corrected chi connectivity index (χ0v) is 12.4. The molecule has 0 aromatic heterocycles. The van der Waals surface area contributed by atoms with Gasteiger partial charge in [-0.15, -0.1) is 12.4 Å². The van der Waals surface area contributed by atoms with Gasteiger partial charge in [0.1, 0.15) is 0 Å². The number of esters is 1. The molecule has 1 unspecified atom stereocenters. The molecule has 0 aliphatic rings. The monoisotopic (exact) mass is 349 g/mol. The molecule has 9 heteroatoms. The van der Waals surface area contributed by atoms with Crippen LogP contribution in [0.25, 0.3) is 0 Å². The maximum atomic E-state index is 13.7. The van der Waals surface area contributed by atoms with E-state index in [0.29, 0.717) is 6.07 Å². The van der Waals surface area contributed by atoms with Crippen LogP contribution >= 0.6 is 24.0 Å². The Morgan fingerprint density at radius 2 is 2.00 bits per heavy atom. The zero-order chi connectivity index (χ0) is 15.5. The van der Waals surface area contributed by atoms with Gasteiger partial charge in [0.15, 0.2) is 0 Å². The summed E-state index contributed by atoms with van der Waals surface area (Å²) < 4.78 is 55.6. The van der Waals surface area contributed by atoms with Gasteiger partial charge in [-0.25, -0.2) is 9.18 Å². The zero-order valence-electron chi connectivity index (χ0n) is 10.8. The molecule has 21 heavy (non-hydrogen) atoms. The summed E-state index contributed by atoms with van der Waals surface area (Å²) in [6.07, 6.45) is -6.79. The maximum Gasteiger partial charge on any atom is 0.417 e. The molecule has 0 spiro atoms. The van der Waals surface area contributed by atoms with E-state index in [-0.39, 0.29) is 24.6 Å². The third-order valence-corrected chi connectivity index (χ3v) is 2.82. The number of halogens is 6. The molecule has 0 bridgehead atoms. The molecule has 2 N–H and O–H groups in total. The number of nitrogens with two attached hydrogens (primary N) is 1. The molecule has 0 aliphatic carbocycles. The molecule has 0 heterocycles. The third kappa shape index (κ3) is 5.01. The second kappa shape index (κ2) is 7.82. The smallest absolute Gasteiger partial charge is 0.417 e. The second-order valence-corrected chi connectivity index (χ2v) is 4.32. The molecule has 1 aromatic rings. The molecule has 0 radical (unpaired) electrons. The van der Waals surface area contributed by atoms with Crippen molar-refractivity contribution in [2.24, 2.45) is 5.73 Å². The van der Waals surface area contributed by atoms with E-state index in [1.54, 1.807) is 0 Å². The van der Waals surface area contributed by atoms with Gasteiger partial charge in [-0.05, 0) is 24.6 Å². The van der Waals surface area contributed by atoms with E-state index in [2.05, 4.69) is 4.74 Å². The van der Waals surface area contributed by atoms with Crippen LogP contribution in [0, 0.1) is 0 Å². The van der Waals surface area contributed by atoms with Crippen molar-refractivity contribution in [2.75, 3.05) is 6.61 Å². The van der Waals surface area contributed by atoms with Crippen molar-refractivity contribution in [1.29, 1.82) is 0 Å². The van der Waals surface area contributed by atoms with Crippen LogP contribution < -0.4 is 5.73 Å². The lowest BCUT2D eigenvalue weighted by molar-refractivity contribution is -0.150. The van der Waals surface area contributed by atoms with Crippen molar-refractivity contribution in [3.05, 3.63) is 34.3 Å². The predicted octanol–water partition coefficient (Wildman–Crippen LogP) is 3.68. The first kappa shape index (κ1) is 19.9. The fourth-order valence-corrected chi connectivity index (χ4v) is 1.80. The maximum absolute atomic E-state index is 13.7. The van der Waals surface area contributed by atoms with Crippen LogP contribution in [0.4, 0.5) is 17.6 Å². The van der Waals surface area contributed by atoms with Crippen molar-refractivity contribution in [3.8, 4) is 0 Å². The van der Waals surface area contributed by atoms with Crippen LogP contribution in [0.5, 0.6) is 0 Å². The number of carbonyl (C=O) groups excluding carboxylic acids is 1. The van der Waals surface area contributed by atoms with Crippen LogP contribution in [0.3, 0.4) is 0 Å². The minimum absolute atomic E-state index is 0. The van der Waals surface area contributed by atoms with Gasteiger partial charge in [-0.2, -0.15) is 13.2 Å². The lowest BCUT2D eigenvalue weighted by Gasteiger charge is -2.17. The molecule has 0 amide bonds. The van der Waals surface area contributed by atoms with Crippen molar-refractivity contribution in [3.63, 3.8) is 0 Å². The molecule has 1 rings (SSSR count). The molecule has 1 aromatic carbocycles. The van der Waals surface area contributed by atoms with Crippen LogP contribution in [0.15, 0.2) is 18.2 Å². The molecule has 0 aliphatic heterocycles. The summed E-state index contributed by atoms with van der Waals surface area (Å²) in [5.74, 6) is -1.17. The Morgan fingerprint density at radius 3 is 2.43 bits per heavy atom. The molecule has 120 valence electrons. The fraction of sp³-hybridized carbons (Fsp3) is 0.417. The summed E-state index contributed by atoms with van der Waals surface area (Å²) in [5, 5.41) is -0.610. The Morgan fingerprint density at radius 1 is 1.43 bits per heavy atom. The van der Waals surface area contributed by atoms with Gasteiger partial charge in [0.25, 0.3) is 0 Å². The van der Waals surface area contributed by atoms with E-state index < -0.39 is 34.9 Å². The van der Waals surface area contributed by atoms with Gasteiger partial charge in [0, 0.05) is 0 Å². The molecular weight excluding hydrogens is 337 g/mol.